The van der Waals surface area contributed by atoms with Crippen LogP contribution in [-0.2, 0) is 18.4 Å². The summed E-state index contributed by atoms with van der Waals surface area (Å²) in [6.45, 7) is 10.1. The van der Waals surface area contributed by atoms with Crippen LogP contribution in [-0.4, -0.2) is 27.3 Å². The number of anilines is 2. The number of hydrogen-bond donors (Lipinski definition) is 3. The van der Waals surface area contributed by atoms with E-state index in [1.807, 2.05) is 41.9 Å². The molecule has 0 atom stereocenters. The van der Waals surface area contributed by atoms with Crippen LogP contribution in [0.2, 0.25) is 0 Å². The monoisotopic (exact) mass is 496 g/mol. The number of carbonyl (C=O) groups excluding carboxylic acids is 1. The first-order chi connectivity index (χ1) is 17.8. The normalized spacial score (nSPS) is 13.1. The molecule has 0 aliphatic carbocycles. The van der Waals surface area contributed by atoms with E-state index in [1.165, 1.54) is 11.1 Å². The number of carbonyl (C=O) groups is 1. The number of pyridine rings is 1. The van der Waals surface area contributed by atoms with E-state index < -0.39 is 0 Å². The molecule has 3 N–H and O–H groups in total. The van der Waals surface area contributed by atoms with E-state index in [1.54, 1.807) is 18.5 Å². The number of fused-ring (bicyclic) bond motifs is 1. The highest BCUT2D eigenvalue weighted by Crippen LogP contribution is 2.29. The summed E-state index contributed by atoms with van der Waals surface area (Å²) >= 11 is 0. The van der Waals surface area contributed by atoms with Crippen LogP contribution in [0, 0.1) is 6.92 Å². The summed E-state index contributed by atoms with van der Waals surface area (Å²) in [4.78, 5) is 17.2. The Labute approximate surface area is 217 Å². The molecule has 2 amide bonds. The number of benzene rings is 2. The lowest BCUT2D eigenvalue weighted by Crippen LogP contribution is -2.24. The van der Waals surface area contributed by atoms with E-state index in [-0.39, 0.29) is 11.4 Å². The third-order valence-electron chi connectivity index (χ3n) is 6.35. The van der Waals surface area contributed by atoms with Crippen LogP contribution in [0.4, 0.5) is 16.3 Å². The number of aromatic nitrogens is 3. The number of ether oxygens (including phenoxy) is 1. The van der Waals surface area contributed by atoms with Gasteiger partial charge in [0.05, 0.1) is 17.6 Å². The number of aryl methyl sites for hydroxylation is 1. The molecule has 0 saturated heterocycles. The van der Waals surface area contributed by atoms with Crippen molar-refractivity contribution in [1.29, 1.82) is 0 Å². The highest BCUT2D eigenvalue weighted by Gasteiger charge is 2.22. The molecule has 0 unspecified atom stereocenters. The Bertz CT molecular complexity index is 1420. The molecule has 3 heterocycles. The highest BCUT2D eigenvalue weighted by molar-refractivity contribution is 5.99. The number of nitrogens with zero attached hydrogens (tertiary/aromatic N) is 3. The van der Waals surface area contributed by atoms with Crippen LogP contribution < -0.4 is 20.7 Å². The number of urea groups is 1. The predicted molar refractivity (Wildman–Crippen MR) is 146 cm³/mol. The van der Waals surface area contributed by atoms with Gasteiger partial charge in [0.2, 0.25) is 0 Å². The minimum Gasteiger partial charge on any atom is -0.455 e. The van der Waals surface area contributed by atoms with E-state index in [9.17, 15) is 4.79 Å². The van der Waals surface area contributed by atoms with Gasteiger partial charge in [-0.15, -0.1) is 0 Å². The average molecular weight is 497 g/mol. The number of nitrogens with one attached hydrogen (secondary N) is 3. The zero-order valence-electron chi connectivity index (χ0n) is 21.6. The van der Waals surface area contributed by atoms with Crippen molar-refractivity contribution in [1.82, 2.24) is 20.1 Å². The number of amides is 2. The fourth-order valence-electron chi connectivity index (χ4n) is 4.23. The van der Waals surface area contributed by atoms with Crippen LogP contribution in [0.25, 0.3) is 5.69 Å². The van der Waals surface area contributed by atoms with E-state index >= 15 is 0 Å². The first kappa shape index (κ1) is 24.5. The third kappa shape index (κ3) is 5.65. The van der Waals surface area contributed by atoms with Gasteiger partial charge in [0.1, 0.15) is 17.3 Å². The molecule has 5 rings (SSSR count). The van der Waals surface area contributed by atoms with Gasteiger partial charge >= 0.3 is 6.03 Å². The lowest BCUT2D eigenvalue weighted by atomic mass is 9.92. The summed E-state index contributed by atoms with van der Waals surface area (Å²) in [5.41, 5.74) is 5.81. The molecule has 0 bridgehead atoms. The van der Waals surface area contributed by atoms with Gasteiger partial charge in [-0.3, -0.25) is 10.3 Å². The van der Waals surface area contributed by atoms with Crippen LogP contribution >= 0.6 is 0 Å². The molecule has 0 saturated carbocycles. The van der Waals surface area contributed by atoms with Crippen LogP contribution in [0.5, 0.6) is 11.5 Å². The maximum atomic E-state index is 13.1. The standard InChI is InChI=1S/C29H32N6O2/c1-19-7-9-22(15-25(19)37-24-6-5-12-30-18-24)32-28(36)33-27-16-26(29(2,3)4)34-35(27)23-10-8-21-17-31-13-11-20(21)14-23/h5-10,12,14-16,18,31H,11,13,17H2,1-4H3,(H2,32,33,36). The van der Waals surface area contributed by atoms with Gasteiger partial charge in [0.25, 0.3) is 0 Å². The van der Waals surface area contributed by atoms with E-state index in [4.69, 9.17) is 9.84 Å². The second kappa shape index (κ2) is 10.1. The summed E-state index contributed by atoms with van der Waals surface area (Å²) < 4.78 is 7.77. The fourth-order valence-corrected chi connectivity index (χ4v) is 4.23. The van der Waals surface area contributed by atoms with Gasteiger partial charge in [-0.05, 0) is 66.9 Å². The summed E-state index contributed by atoms with van der Waals surface area (Å²) in [5.74, 6) is 1.89. The molecular formula is C29H32N6O2. The third-order valence-corrected chi connectivity index (χ3v) is 6.35. The van der Waals surface area contributed by atoms with Crippen molar-refractivity contribution in [2.45, 2.75) is 46.1 Å². The first-order valence-corrected chi connectivity index (χ1v) is 12.5. The zero-order valence-corrected chi connectivity index (χ0v) is 21.6. The van der Waals surface area contributed by atoms with Crippen LogP contribution in [0.3, 0.4) is 0 Å². The molecule has 190 valence electrons. The first-order valence-electron chi connectivity index (χ1n) is 12.5. The minimum absolute atomic E-state index is 0.175. The number of rotatable bonds is 5. The van der Waals surface area contributed by atoms with Crippen molar-refractivity contribution in [2.24, 2.45) is 0 Å². The number of hydrogen-bond acceptors (Lipinski definition) is 5. The van der Waals surface area contributed by atoms with Gasteiger partial charge in [0.15, 0.2) is 0 Å². The smallest absolute Gasteiger partial charge is 0.324 e. The van der Waals surface area contributed by atoms with Crippen molar-refractivity contribution < 1.29 is 9.53 Å². The Morgan fingerprint density at radius 2 is 1.92 bits per heavy atom. The van der Waals surface area contributed by atoms with Crippen LogP contribution in [0.1, 0.15) is 43.2 Å². The highest BCUT2D eigenvalue weighted by atomic mass is 16.5. The van der Waals surface area contributed by atoms with Crippen LogP contribution in [0.15, 0.2) is 67.0 Å². The van der Waals surface area contributed by atoms with Gasteiger partial charge in [-0.1, -0.05) is 32.9 Å². The van der Waals surface area contributed by atoms with Crippen molar-refractivity contribution in [2.75, 3.05) is 17.2 Å². The Balaban J connectivity index is 1.38. The SMILES string of the molecule is Cc1ccc(NC(=O)Nc2cc(C(C)(C)C)nn2-c2ccc3c(c2)CCNC3)cc1Oc1cccnc1. The Morgan fingerprint density at radius 3 is 2.70 bits per heavy atom. The molecule has 8 heteroatoms. The molecule has 2 aromatic heterocycles. The van der Waals surface area contributed by atoms with E-state index in [2.05, 4.69) is 59.9 Å². The molecule has 0 spiro atoms. The molecule has 1 aliphatic heterocycles. The van der Waals surface area contributed by atoms with Crippen molar-refractivity contribution in [3.63, 3.8) is 0 Å². The quantitative estimate of drug-likeness (QED) is 0.317. The van der Waals surface area contributed by atoms with Crippen molar-refractivity contribution in [3.8, 4) is 17.2 Å². The topological polar surface area (TPSA) is 93.1 Å². The van der Waals surface area contributed by atoms with Gasteiger partial charge in [0, 0.05) is 36.0 Å². The molecule has 2 aromatic carbocycles. The molecule has 1 aliphatic rings. The largest absolute Gasteiger partial charge is 0.455 e. The summed E-state index contributed by atoms with van der Waals surface area (Å²) in [7, 11) is 0. The predicted octanol–water partition coefficient (Wildman–Crippen LogP) is 5.96. The average Bonchev–Trinajstić information content (AvgIpc) is 3.30. The Hall–Kier alpha value is -4.17. The zero-order chi connectivity index (χ0) is 26.0. The molecule has 8 nitrogen and oxygen atoms in total. The summed E-state index contributed by atoms with van der Waals surface area (Å²) in [6.07, 6.45) is 4.31. The van der Waals surface area contributed by atoms with Gasteiger partial charge in [-0.2, -0.15) is 5.10 Å². The lowest BCUT2D eigenvalue weighted by molar-refractivity contribution is 0.262. The van der Waals surface area contributed by atoms with E-state index in [0.29, 0.717) is 23.0 Å². The molecule has 0 fully saturated rings. The molecule has 0 radical (unpaired) electrons. The maximum Gasteiger partial charge on any atom is 0.324 e. The van der Waals surface area contributed by atoms with Crippen molar-refractivity contribution >= 4 is 17.5 Å². The van der Waals surface area contributed by atoms with E-state index in [0.717, 1.165) is 36.5 Å². The van der Waals surface area contributed by atoms with Gasteiger partial charge in [-0.25, -0.2) is 9.48 Å². The summed E-state index contributed by atoms with van der Waals surface area (Å²) in [6, 6.07) is 17.1. The minimum atomic E-state index is -0.361. The maximum absolute atomic E-state index is 13.1. The lowest BCUT2D eigenvalue weighted by Gasteiger charge is -2.18. The fraction of sp³-hybridized carbons (Fsp3) is 0.276. The second-order valence-corrected chi connectivity index (χ2v) is 10.3. The summed E-state index contributed by atoms with van der Waals surface area (Å²) in [5, 5.41) is 14.2. The second-order valence-electron chi connectivity index (χ2n) is 10.3. The molecule has 4 aromatic rings. The van der Waals surface area contributed by atoms with Crippen molar-refractivity contribution in [3.05, 3.63) is 89.4 Å². The Kier molecular flexibility index (Phi) is 6.67. The Morgan fingerprint density at radius 1 is 1.05 bits per heavy atom. The molecule has 37 heavy (non-hydrogen) atoms. The van der Waals surface area contributed by atoms with Gasteiger partial charge < -0.3 is 15.4 Å². The molecular weight excluding hydrogens is 464 g/mol.